The molecule has 1 aromatic carbocycles. The molecule has 0 radical (unpaired) electrons. The Hall–Kier alpha value is -3.29. The van der Waals surface area contributed by atoms with Crippen molar-refractivity contribution in [3.05, 3.63) is 42.5 Å². The smallest absolute Gasteiger partial charge is 0.303 e. The van der Waals surface area contributed by atoms with E-state index in [0.29, 0.717) is 41.3 Å². The predicted octanol–water partition coefficient (Wildman–Crippen LogP) is 2.07. The van der Waals surface area contributed by atoms with Crippen molar-refractivity contribution < 1.29 is 9.90 Å². The highest BCUT2D eigenvalue weighted by Crippen LogP contribution is 2.21. The summed E-state index contributed by atoms with van der Waals surface area (Å²) in [5, 5.41) is 13.4. The van der Waals surface area contributed by atoms with Crippen LogP contribution in [-0.2, 0) is 11.2 Å². The number of carbonyl (C=O) groups is 1. The summed E-state index contributed by atoms with van der Waals surface area (Å²) >= 11 is 0. The van der Waals surface area contributed by atoms with E-state index in [4.69, 9.17) is 5.11 Å². The average Bonchev–Trinajstić information content (AvgIpc) is 3.21. The third-order valence-electron chi connectivity index (χ3n) is 3.75. The first kappa shape index (κ1) is 14.3. The number of benzene rings is 1. The second-order valence-corrected chi connectivity index (χ2v) is 5.41. The lowest BCUT2D eigenvalue weighted by Gasteiger charge is -2.02. The number of rotatable bonds is 5. The maximum absolute atomic E-state index is 10.7. The number of aryl methyl sites for hydroxylation is 1. The minimum Gasteiger partial charge on any atom is -0.481 e. The Morgan fingerprint density at radius 2 is 2.04 bits per heavy atom. The van der Waals surface area contributed by atoms with E-state index in [1.165, 1.54) is 0 Å². The molecule has 0 saturated carbocycles. The van der Waals surface area contributed by atoms with Crippen molar-refractivity contribution in [2.75, 3.05) is 0 Å². The molecule has 3 aromatic heterocycles. The van der Waals surface area contributed by atoms with Crippen molar-refractivity contribution in [1.82, 2.24) is 29.5 Å². The van der Waals surface area contributed by atoms with E-state index in [9.17, 15) is 4.79 Å². The number of carboxylic acid groups (broad SMARTS) is 1. The number of H-pyrrole nitrogens is 1. The van der Waals surface area contributed by atoms with Crippen LogP contribution in [0.15, 0.2) is 36.7 Å². The Morgan fingerprint density at radius 3 is 2.83 bits per heavy atom. The predicted molar refractivity (Wildman–Crippen MR) is 86.4 cm³/mol. The second-order valence-electron chi connectivity index (χ2n) is 5.41. The molecule has 0 spiro atoms. The maximum Gasteiger partial charge on any atom is 0.303 e. The van der Waals surface area contributed by atoms with Crippen LogP contribution in [0.1, 0.15) is 18.7 Å². The number of aliphatic carboxylic acids is 1. The van der Waals surface area contributed by atoms with Gasteiger partial charge in [0.25, 0.3) is 0 Å². The number of hydrogen-bond donors (Lipinski definition) is 2. The molecule has 0 bridgehead atoms. The van der Waals surface area contributed by atoms with Crippen LogP contribution in [0.4, 0.5) is 0 Å². The molecule has 0 fully saturated rings. The molecule has 0 aliphatic carbocycles. The number of nitrogens with zero attached hydrogens (tertiary/aromatic N) is 5. The van der Waals surface area contributed by atoms with Crippen LogP contribution in [0, 0.1) is 0 Å². The lowest BCUT2D eigenvalue weighted by atomic mass is 10.2. The fraction of sp³-hybridized carbons (Fsp3) is 0.188. The molecule has 0 saturated heterocycles. The van der Waals surface area contributed by atoms with E-state index in [1.54, 1.807) is 10.8 Å². The van der Waals surface area contributed by atoms with Gasteiger partial charge in [0.05, 0.1) is 6.33 Å². The van der Waals surface area contributed by atoms with E-state index in [1.807, 2.05) is 30.3 Å². The SMILES string of the molecule is O=C(O)CCCc1nc2nc[nH]c2c2nc(-c3ccccc3)nn12. The van der Waals surface area contributed by atoms with Gasteiger partial charge in [-0.1, -0.05) is 30.3 Å². The number of aromatic nitrogens is 6. The van der Waals surface area contributed by atoms with Gasteiger partial charge in [-0.15, -0.1) is 5.10 Å². The summed E-state index contributed by atoms with van der Waals surface area (Å²) in [5.74, 6) is 0.426. The summed E-state index contributed by atoms with van der Waals surface area (Å²) in [4.78, 5) is 27.1. The van der Waals surface area contributed by atoms with Crippen molar-refractivity contribution >= 4 is 22.8 Å². The Bertz CT molecular complexity index is 1020. The lowest BCUT2D eigenvalue weighted by molar-refractivity contribution is -0.137. The van der Waals surface area contributed by atoms with Crippen LogP contribution in [0.2, 0.25) is 0 Å². The first-order chi connectivity index (χ1) is 11.7. The number of hydrogen-bond acceptors (Lipinski definition) is 5. The van der Waals surface area contributed by atoms with Crippen molar-refractivity contribution in [3.8, 4) is 11.4 Å². The van der Waals surface area contributed by atoms with Crippen LogP contribution < -0.4 is 0 Å². The van der Waals surface area contributed by atoms with Gasteiger partial charge in [0.1, 0.15) is 11.3 Å². The number of fused-ring (bicyclic) bond motifs is 3. The monoisotopic (exact) mass is 322 g/mol. The molecule has 4 rings (SSSR count). The van der Waals surface area contributed by atoms with Gasteiger partial charge in [0, 0.05) is 18.4 Å². The van der Waals surface area contributed by atoms with Crippen LogP contribution >= 0.6 is 0 Å². The Morgan fingerprint density at radius 1 is 1.21 bits per heavy atom. The molecule has 4 aromatic rings. The van der Waals surface area contributed by atoms with Gasteiger partial charge in [-0.25, -0.2) is 15.0 Å². The molecular weight excluding hydrogens is 308 g/mol. The van der Waals surface area contributed by atoms with Gasteiger partial charge in [-0.05, 0) is 6.42 Å². The van der Waals surface area contributed by atoms with Crippen LogP contribution in [0.5, 0.6) is 0 Å². The fourth-order valence-electron chi connectivity index (χ4n) is 2.63. The largest absolute Gasteiger partial charge is 0.481 e. The zero-order chi connectivity index (χ0) is 16.5. The van der Waals surface area contributed by atoms with Crippen molar-refractivity contribution in [1.29, 1.82) is 0 Å². The zero-order valence-electron chi connectivity index (χ0n) is 12.7. The molecule has 3 heterocycles. The van der Waals surface area contributed by atoms with Gasteiger partial charge in [0.15, 0.2) is 17.1 Å². The molecule has 120 valence electrons. The third kappa shape index (κ3) is 2.47. The molecule has 0 amide bonds. The van der Waals surface area contributed by atoms with Gasteiger partial charge < -0.3 is 10.1 Å². The van der Waals surface area contributed by atoms with Crippen LogP contribution in [0.25, 0.3) is 28.2 Å². The van der Waals surface area contributed by atoms with Crippen molar-refractivity contribution in [3.63, 3.8) is 0 Å². The molecule has 8 nitrogen and oxygen atoms in total. The third-order valence-corrected chi connectivity index (χ3v) is 3.75. The first-order valence-corrected chi connectivity index (χ1v) is 7.58. The normalized spacial score (nSPS) is 11.3. The van der Waals surface area contributed by atoms with Crippen molar-refractivity contribution in [2.45, 2.75) is 19.3 Å². The van der Waals surface area contributed by atoms with Crippen molar-refractivity contribution in [2.24, 2.45) is 0 Å². The molecule has 0 atom stereocenters. The number of nitrogens with one attached hydrogen (secondary N) is 1. The van der Waals surface area contributed by atoms with Gasteiger partial charge in [0.2, 0.25) is 0 Å². The molecule has 0 aliphatic heterocycles. The highest BCUT2D eigenvalue weighted by molar-refractivity contribution is 5.85. The molecule has 0 aliphatic rings. The van der Waals surface area contributed by atoms with E-state index < -0.39 is 5.97 Å². The standard InChI is InChI=1S/C16H14N6O2/c23-12(24)8-4-7-11-19-15-13(17-9-18-15)16-20-14(21-22(11)16)10-5-2-1-3-6-10/h1-3,5-6,9H,4,7-8H2,(H,17,18)(H,23,24). The van der Waals surface area contributed by atoms with Crippen LogP contribution in [-0.4, -0.2) is 40.6 Å². The van der Waals surface area contributed by atoms with E-state index in [-0.39, 0.29) is 6.42 Å². The highest BCUT2D eigenvalue weighted by atomic mass is 16.4. The zero-order valence-corrected chi connectivity index (χ0v) is 12.7. The summed E-state index contributed by atoms with van der Waals surface area (Å²) in [7, 11) is 0. The summed E-state index contributed by atoms with van der Waals surface area (Å²) in [5.41, 5.74) is 2.82. The summed E-state index contributed by atoms with van der Waals surface area (Å²) in [6.07, 6.45) is 2.62. The Kier molecular flexibility index (Phi) is 3.42. The van der Waals surface area contributed by atoms with E-state index >= 15 is 0 Å². The minimum atomic E-state index is -0.823. The van der Waals surface area contributed by atoms with Gasteiger partial charge in [-0.2, -0.15) is 4.52 Å². The average molecular weight is 322 g/mol. The lowest BCUT2D eigenvalue weighted by Crippen LogP contribution is -2.05. The number of carboxylic acids is 1. The molecule has 8 heteroatoms. The Labute approximate surface area is 136 Å². The molecule has 2 N–H and O–H groups in total. The first-order valence-electron chi connectivity index (χ1n) is 7.58. The number of aromatic amines is 1. The summed E-state index contributed by atoms with van der Waals surface area (Å²) in [6.45, 7) is 0. The minimum absolute atomic E-state index is 0.0853. The molecule has 0 unspecified atom stereocenters. The van der Waals surface area contributed by atoms with Gasteiger partial charge in [-0.3, -0.25) is 4.79 Å². The fourth-order valence-corrected chi connectivity index (χ4v) is 2.63. The summed E-state index contributed by atoms with van der Waals surface area (Å²) in [6, 6.07) is 9.68. The number of imidazole rings is 1. The van der Waals surface area contributed by atoms with E-state index in [2.05, 4.69) is 25.0 Å². The summed E-state index contributed by atoms with van der Waals surface area (Å²) < 4.78 is 1.67. The Balaban J connectivity index is 1.84. The highest BCUT2D eigenvalue weighted by Gasteiger charge is 2.16. The van der Waals surface area contributed by atoms with E-state index in [0.717, 1.165) is 5.56 Å². The van der Waals surface area contributed by atoms with Crippen LogP contribution in [0.3, 0.4) is 0 Å². The quantitative estimate of drug-likeness (QED) is 0.582. The maximum atomic E-state index is 10.7. The molecular formula is C16H14N6O2. The van der Waals surface area contributed by atoms with Gasteiger partial charge >= 0.3 is 5.97 Å². The second kappa shape index (κ2) is 5.73. The molecule has 24 heavy (non-hydrogen) atoms. The topological polar surface area (TPSA) is 109 Å².